The fourth-order valence-electron chi connectivity index (χ4n) is 3.72. The Labute approximate surface area is 215 Å². The molecular formula is C26H30N3O5PS. The Morgan fingerprint density at radius 1 is 0.944 bits per heavy atom. The number of nitrogens with zero attached hydrogens (tertiary/aromatic N) is 2. The fourth-order valence-corrected chi connectivity index (χ4v) is 5.77. The van der Waals surface area contributed by atoms with Gasteiger partial charge in [-0.25, -0.2) is 4.57 Å². The van der Waals surface area contributed by atoms with Gasteiger partial charge in [0.2, 0.25) is 0 Å². The van der Waals surface area contributed by atoms with Crippen molar-refractivity contribution in [2.75, 3.05) is 0 Å². The van der Waals surface area contributed by atoms with Crippen LogP contribution in [0.15, 0.2) is 60.7 Å². The molecule has 0 bridgehead atoms. The van der Waals surface area contributed by atoms with E-state index in [1.165, 1.54) is 6.07 Å². The molecule has 8 nitrogen and oxygen atoms in total. The first kappa shape index (κ1) is 26.1. The average molecular weight is 528 g/mol. The highest BCUT2D eigenvalue weighted by Gasteiger charge is 2.38. The summed E-state index contributed by atoms with van der Waals surface area (Å²) in [5, 5.41) is 20.2. The van der Waals surface area contributed by atoms with Crippen molar-refractivity contribution in [3.63, 3.8) is 0 Å². The number of phenols is 1. The van der Waals surface area contributed by atoms with Gasteiger partial charge in [-0.05, 0) is 77.3 Å². The third-order valence-electron chi connectivity index (χ3n) is 4.88. The van der Waals surface area contributed by atoms with Crippen molar-refractivity contribution in [2.24, 2.45) is 0 Å². The summed E-state index contributed by atoms with van der Waals surface area (Å²) in [4.78, 5) is 0. The second kappa shape index (κ2) is 9.48. The maximum atomic E-state index is 13.5. The molecule has 0 fully saturated rings. The Bertz CT molecular complexity index is 1490. The largest absolute Gasteiger partial charge is 0.531 e. The average Bonchev–Trinajstić information content (AvgIpc) is 3.11. The van der Waals surface area contributed by atoms with Crippen molar-refractivity contribution in [1.29, 1.82) is 0 Å². The molecule has 190 valence electrons. The number of hydrogen-bond donors (Lipinski definition) is 2. The number of phenolic OH excluding ortho intramolecular Hbond substituents is 1. The number of aromatic amines is 1. The van der Waals surface area contributed by atoms with E-state index in [2.05, 4.69) is 10.2 Å². The summed E-state index contributed by atoms with van der Waals surface area (Å²) >= 11 is 5.53. The number of hydrogen-bond acceptors (Lipinski definition) is 7. The van der Waals surface area contributed by atoms with E-state index in [1.54, 1.807) is 58.2 Å². The molecule has 2 N–H and O–H groups in total. The molecule has 4 aromatic rings. The van der Waals surface area contributed by atoms with Gasteiger partial charge in [-0.3, -0.25) is 18.7 Å². The molecule has 3 aromatic carbocycles. The van der Waals surface area contributed by atoms with E-state index in [4.69, 9.17) is 25.8 Å². The first-order valence-corrected chi connectivity index (χ1v) is 13.3. The van der Waals surface area contributed by atoms with E-state index in [9.17, 15) is 9.67 Å². The number of fused-ring (bicyclic) bond motifs is 1. The number of nitrogens with one attached hydrogen (secondary N) is 1. The molecule has 0 aliphatic heterocycles. The van der Waals surface area contributed by atoms with Gasteiger partial charge in [-0.2, -0.15) is 5.10 Å². The molecule has 0 spiro atoms. The van der Waals surface area contributed by atoms with Crippen molar-refractivity contribution in [2.45, 2.75) is 52.7 Å². The van der Waals surface area contributed by atoms with Crippen molar-refractivity contribution < 1.29 is 23.2 Å². The Morgan fingerprint density at radius 2 is 1.58 bits per heavy atom. The number of aromatic nitrogens is 3. The Hall–Kier alpha value is -2.97. The molecule has 4 rings (SSSR count). The van der Waals surface area contributed by atoms with Gasteiger partial charge in [0.1, 0.15) is 11.5 Å². The van der Waals surface area contributed by atoms with Gasteiger partial charge in [0.15, 0.2) is 10.6 Å². The summed E-state index contributed by atoms with van der Waals surface area (Å²) in [7, 11) is -4.03. The lowest BCUT2D eigenvalue weighted by molar-refractivity contribution is 0.0224. The van der Waals surface area contributed by atoms with Gasteiger partial charge >= 0.3 is 7.82 Å². The standard InChI is InChI=1S/C26H30N3O5PS/c1-25(2,3)33-35(31,34-26(4,5)6)32-18-14-15-20(22(30)16-18)23-27-28-24(36)29(23)21-13-9-11-17-10-7-8-12-19(17)21/h7-16,30H,1-6H3,(H,28,36). The summed E-state index contributed by atoms with van der Waals surface area (Å²) < 4.78 is 32.7. The molecule has 0 atom stereocenters. The minimum absolute atomic E-state index is 0.124. The summed E-state index contributed by atoms with van der Waals surface area (Å²) in [5.41, 5.74) is -0.349. The van der Waals surface area contributed by atoms with Crippen LogP contribution in [0.25, 0.3) is 27.8 Å². The SMILES string of the molecule is CC(C)(C)OP(=O)(Oc1ccc(-c2n[nH]c(=S)n2-c2cccc3ccccc23)c(O)c1)OC(C)(C)C. The first-order chi connectivity index (χ1) is 16.7. The van der Waals surface area contributed by atoms with Crippen LogP contribution < -0.4 is 4.52 Å². The molecule has 0 aliphatic rings. The number of H-pyrrole nitrogens is 1. The van der Waals surface area contributed by atoms with Crippen LogP contribution in [0.5, 0.6) is 11.5 Å². The maximum absolute atomic E-state index is 13.5. The molecule has 1 aromatic heterocycles. The predicted molar refractivity (Wildman–Crippen MR) is 143 cm³/mol. The molecule has 0 aliphatic carbocycles. The summed E-state index contributed by atoms with van der Waals surface area (Å²) in [5.74, 6) is 0.403. The zero-order valence-electron chi connectivity index (χ0n) is 21.1. The summed E-state index contributed by atoms with van der Waals surface area (Å²) in [6, 6.07) is 18.4. The van der Waals surface area contributed by atoms with Crippen LogP contribution in [0.3, 0.4) is 0 Å². The van der Waals surface area contributed by atoms with Gasteiger partial charge in [0.25, 0.3) is 0 Å². The highest BCUT2D eigenvalue weighted by molar-refractivity contribution is 7.71. The minimum atomic E-state index is -4.03. The van der Waals surface area contributed by atoms with Crippen LogP contribution in [-0.4, -0.2) is 31.1 Å². The van der Waals surface area contributed by atoms with E-state index in [1.807, 2.05) is 42.5 Å². The van der Waals surface area contributed by atoms with Gasteiger partial charge in [0, 0.05) is 11.5 Å². The normalized spacial score (nSPS) is 12.7. The Kier molecular flexibility index (Phi) is 6.88. The molecule has 1 heterocycles. The van der Waals surface area contributed by atoms with Gasteiger partial charge < -0.3 is 9.63 Å². The highest BCUT2D eigenvalue weighted by atomic mass is 32.1. The van der Waals surface area contributed by atoms with Crippen LogP contribution in [0.2, 0.25) is 0 Å². The van der Waals surface area contributed by atoms with E-state index in [0.29, 0.717) is 16.2 Å². The van der Waals surface area contributed by atoms with Crippen LogP contribution >= 0.6 is 20.0 Å². The van der Waals surface area contributed by atoms with Crippen molar-refractivity contribution in [3.05, 3.63) is 65.4 Å². The van der Waals surface area contributed by atoms with Crippen molar-refractivity contribution in [1.82, 2.24) is 14.8 Å². The third-order valence-corrected chi connectivity index (χ3v) is 7.13. The van der Waals surface area contributed by atoms with Crippen molar-refractivity contribution >= 4 is 30.8 Å². The number of phosphoric ester groups is 1. The molecule has 0 unspecified atom stereocenters. The van der Waals surface area contributed by atoms with Crippen LogP contribution in [0.1, 0.15) is 41.5 Å². The number of rotatable bonds is 6. The van der Waals surface area contributed by atoms with E-state index in [-0.39, 0.29) is 11.5 Å². The summed E-state index contributed by atoms with van der Waals surface area (Å²) in [6.07, 6.45) is 0. The zero-order valence-corrected chi connectivity index (χ0v) is 22.8. The lowest BCUT2D eigenvalue weighted by atomic mass is 10.1. The summed E-state index contributed by atoms with van der Waals surface area (Å²) in [6.45, 7) is 10.5. The lowest BCUT2D eigenvalue weighted by Crippen LogP contribution is -2.25. The second-order valence-electron chi connectivity index (χ2n) is 10.3. The molecule has 0 radical (unpaired) electrons. The first-order valence-electron chi connectivity index (χ1n) is 11.4. The predicted octanol–water partition coefficient (Wildman–Crippen LogP) is 7.57. The Morgan fingerprint density at radius 3 is 2.22 bits per heavy atom. The van der Waals surface area contributed by atoms with E-state index >= 15 is 0 Å². The minimum Gasteiger partial charge on any atom is -0.507 e. The van der Waals surface area contributed by atoms with E-state index in [0.717, 1.165) is 16.5 Å². The van der Waals surface area contributed by atoms with Crippen LogP contribution in [0, 0.1) is 4.77 Å². The van der Waals surface area contributed by atoms with Gasteiger partial charge in [-0.1, -0.05) is 36.4 Å². The lowest BCUT2D eigenvalue weighted by Gasteiger charge is -2.30. The Balaban J connectivity index is 1.74. The second-order valence-corrected chi connectivity index (χ2v) is 12.1. The van der Waals surface area contributed by atoms with Gasteiger partial charge in [0.05, 0.1) is 22.5 Å². The van der Waals surface area contributed by atoms with Crippen molar-refractivity contribution in [3.8, 4) is 28.6 Å². The molecular weight excluding hydrogens is 497 g/mol. The van der Waals surface area contributed by atoms with Crippen LogP contribution in [0.4, 0.5) is 0 Å². The molecule has 0 amide bonds. The number of benzene rings is 3. The van der Waals surface area contributed by atoms with E-state index < -0.39 is 19.0 Å². The molecule has 10 heteroatoms. The third kappa shape index (κ3) is 5.87. The smallest absolute Gasteiger partial charge is 0.507 e. The molecule has 0 saturated carbocycles. The zero-order chi connectivity index (χ0) is 26.3. The van der Waals surface area contributed by atoms with Gasteiger partial charge in [-0.15, -0.1) is 0 Å². The fraction of sp³-hybridized carbons (Fsp3) is 0.308. The molecule has 36 heavy (non-hydrogen) atoms. The van der Waals surface area contributed by atoms with Crippen LogP contribution in [-0.2, 0) is 13.6 Å². The number of aromatic hydroxyl groups is 1. The quantitative estimate of drug-likeness (QED) is 0.197. The maximum Gasteiger partial charge on any atom is 0.531 e. The highest BCUT2D eigenvalue weighted by Crippen LogP contribution is 2.55. The monoisotopic (exact) mass is 527 g/mol. The topological polar surface area (TPSA) is 98.6 Å². The number of phosphoric acid groups is 1. The molecule has 0 saturated heterocycles.